The second-order valence-corrected chi connectivity index (χ2v) is 5.24. The summed E-state index contributed by atoms with van der Waals surface area (Å²) in [5.41, 5.74) is 0. The number of piperidine rings is 1. The van der Waals surface area contributed by atoms with Gasteiger partial charge in [0.1, 0.15) is 18.0 Å². The van der Waals surface area contributed by atoms with Crippen molar-refractivity contribution in [1.82, 2.24) is 14.9 Å². The van der Waals surface area contributed by atoms with Gasteiger partial charge in [-0.05, 0) is 32.2 Å². The van der Waals surface area contributed by atoms with Gasteiger partial charge in [0, 0.05) is 31.7 Å². The van der Waals surface area contributed by atoms with E-state index in [0.29, 0.717) is 6.04 Å². The van der Waals surface area contributed by atoms with Gasteiger partial charge in [-0.3, -0.25) is 0 Å². The molecule has 0 amide bonds. The van der Waals surface area contributed by atoms with E-state index in [2.05, 4.69) is 25.5 Å². The molecule has 98 valence electrons. The molecule has 1 aromatic rings. The van der Waals surface area contributed by atoms with Crippen LogP contribution < -0.4 is 10.6 Å². The molecule has 2 atom stereocenters. The Kier molecular flexibility index (Phi) is 3.32. The maximum atomic E-state index is 4.29. The van der Waals surface area contributed by atoms with Crippen LogP contribution in [0.3, 0.4) is 0 Å². The highest BCUT2D eigenvalue weighted by Crippen LogP contribution is 2.28. The minimum atomic E-state index is 0.559. The summed E-state index contributed by atoms with van der Waals surface area (Å²) in [4.78, 5) is 11.1. The first-order chi connectivity index (χ1) is 8.85. The number of anilines is 2. The molecule has 0 spiro atoms. The third-order valence-corrected chi connectivity index (χ3v) is 4.10. The minimum Gasteiger partial charge on any atom is -0.373 e. The number of aromatic nitrogens is 2. The lowest BCUT2D eigenvalue weighted by molar-refractivity contribution is 0.188. The SMILES string of the molecule is CNc1cc(NC2CCN3CCCC3C2)ncn1. The number of hydrogen-bond acceptors (Lipinski definition) is 5. The van der Waals surface area contributed by atoms with Crippen LogP contribution in [0.5, 0.6) is 0 Å². The average Bonchev–Trinajstić information content (AvgIpc) is 2.86. The van der Waals surface area contributed by atoms with E-state index >= 15 is 0 Å². The van der Waals surface area contributed by atoms with E-state index in [0.717, 1.165) is 17.7 Å². The fourth-order valence-electron chi connectivity index (χ4n) is 3.14. The molecule has 3 rings (SSSR count). The molecular formula is C13H21N5. The van der Waals surface area contributed by atoms with Gasteiger partial charge in [0.05, 0.1) is 0 Å². The van der Waals surface area contributed by atoms with Gasteiger partial charge >= 0.3 is 0 Å². The molecular weight excluding hydrogens is 226 g/mol. The minimum absolute atomic E-state index is 0.559. The highest BCUT2D eigenvalue weighted by molar-refractivity contribution is 5.46. The summed E-state index contributed by atoms with van der Waals surface area (Å²) in [6.45, 7) is 2.53. The van der Waals surface area contributed by atoms with E-state index in [-0.39, 0.29) is 0 Å². The highest BCUT2D eigenvalue weighted by atomic mass is 15.2. The molecule has 0 aromatic carbocycles. The maximum absolute atomic E-state index is 4.29. The summed E-state index contributed by atoms with van der Waals surface area (Å²) in [5, 5.41) is 6.59. The van der Waals surface area contributed by atoms with Crippen LogP contribution in [0, 0.1) is 0 Å². The van der Waals surface area contributed by atoms with Gasteiger partial charge in [-0.2, -0.15) is 0 Å². The van der Waals surface area contributed by atoms with Gasteiger partial charge in [0.2, 0.25) is 0 Å². The van der Waals surface area contributed by atoms with Crippen LogP contribution in [-0.2, 0) is 0 Å². The summed E-state index contributed by atoms with van der Waals surface area (Å²) >= 11 is 0. The fourth-order valence-corrected chi connectivity index (χ4v) is 3.14. The first-order valence-electron chi connectivity index (χ1n) is 6.85. The Morgan fingerprint density at radius 2 is 2.11 bits per heavy atom. The molecule has 2 N–H and O–H groups in total. The summed E-state index contributed by atoms with van der Waals surface area (Å²) in [7, 11) is 1.88. The third-order valence-electron chi connectivity index (χ3n) is 4.10. The summed E-state index contributed by atoms with van der Waals surface area (Å²) in [6, 6.07) is 3.33. The number of nitrogens with zero attached hydrogens (tertiary/aromatic N) is 3. The van der Waals surface area contributed by atoms with Crippen molar-refractivity contribution in [1.29, 1.82) is 0 Å². The second kappa shape index (κ2) is 5.10. The quantitative estimate of drug-likeness (QED) is 0.849. The largest absolute Gasteiger partial charge is 0.373 e. The zero-order valence-electron chi connectivity index (χ0n) is 10.9. The Morgan fingerprint density at radius 3 is 3.00 bits per heavy atom. The molecule has 2 aliphatic heterocycles. The van der Waals surface area contributed by atoms with Crippen LogP contribution in [0.25, 0.3) is 0 Å². The van der Waals surface area contributed by atoms with Gasteiger partial charge in [-0.25, -0.2) is 9.97 Å². The second-order valence-electron chi connectivity index (χ2n) is 5.24. The van der Waals surface area contributed by atoms with Crippen LogP contribution in [0.1, 0.15) is 25.7 Å². The standard InChI is InChI=1S/C13H21N5/c1-14-12-8-13(16-9-15-12)17-10-4-6-18-5-2-3-11(18)7-10/h8-11H,2-7H2,1H3,(H2,14,15,16,17). The van der Waals surface area contributed by atoms with Crippen LogP contribution in [-0.4, -0.2) is 47.1 Å². The number of fused-ring (bicyclic) bond motifs is 1. The Labute approximate surface area is 108 Å². The van der Waals surface area contributed by atoms with Crippen LogP contribution in [0.2, 0.25) is 0 Å². The molecule has 2 unspecified atom stereocenters. The normalized spacial score (nSPS) is 27.8. The number of rotatable bonds is 3. The van der Waals surface area contributed by atoms with Crippen molar-refractivity contribution >= 4 is 11.6 Å². The average molecular weight is 247 g/mol. The zero-order valence-corrected chi connectivity index (χ0v) is 10.9. The maximum Gasteiger partial charge on any atom is 0.131 e. The Morgan fingerprint density at radius 1 is 1.22 bits per heavy atom. The molecule has 18 heavy (non-hydrogen) atoms. The molecule has 0 radical (unpaired) electrons. The summed E-state index contributed by atoms with van der Waals surface area (Å²) < 4.78 is 0. The number of hydrogen-bond donors (Lipinski definition) is 2. The molecule has 5 heteroatoms. The van der Waals surface area contributed by atoms with Crippen molar-refractivity contribution in [3.63, 3.8) is 0 Å². The van der Waals surface area contributed by atoms with Gasteiger partial charge in [-0.1, -0.05) is 0 Å². The Bertz CT molecular complexity index is 408. The van der Waals surface area contributed by atoms with E-state index < -0.39 is 0 Å². The van der Waals surface area contributed by atoms with Crippen molar-refractivity contribution < 1.29 is 0 Å². The van der Waals surface area contributed by atoms with Gasteiger partial charge in [-0.15, -0.1) is 0 Å². The van der Waals surface area contributed by atoms with Gasteiger partial charge < -0.3 is 15.5 Å². The predicted molar refractivity (Wildman–Crippen MR) is 72.8 cm³/mol. The summed E-state index contributed by atoms with van der Waals surface area (Å²) in [6.07, 6.45) is 6.81. The predicted octanol–water partition coefficient (Wildman–Crippen LogP) is 1.56. The molecule has 2 saturated heterocycles. The molecule has 1 aromatic heterocycles. The Balaban J connectivity index is 1.62. The van der Waals surface area contributed by atoms with E-state index in [1.807, 2.05) is 13.1 Å². The summed E-state index contributed by atoms with van der Waals surface area (Å²) in [5.74, 6) is 1.80. The highest BCUT2D eigenvalue weighted by Gasteiger charge is 2.31. The van der Waals surface area contributed by atoms with E-state index in [4.69, 9.17) is 0 Å². The Hall–Kier alpha value is -1.36. The van der Waals surface area contributed by atoms with Gasteiger partial charge in [0.25, 0.3) is 0 Å². The number of nitrogens with one attached hydrogen (secondary N) is 2. The van der Waals surface area contributed by atoms with Crippen molar-refractivity contribution in [3.05, 3.63) is 12.4 Å². The smallest absolute Gasteiger partial charge is 0.131 e. The van der Waals surface area contributed by atoms with Crippen LogP contribution >= 0.6 is 0 Å². The fraction of sp³-hybridized carbons (Fsp3) is 0.692. The monoisotopic (exact) mass is 247 g/mol. The zero-order chi connectivity index (χ0) is 12.4. The van der Waals surface area contributed by atoms with Crippen molar-refractivity contribution in [2.24, 2.45) is 0 Å². The topological polar surface area (TPSA) is 53.1 Å². The molecule has 0 aliphatic carbocycles. The first kappa shape index (κ1) is 11.7. The van der Waals surface area contributed by atoms with Crippen molar-refractivity contribution in [2.45, 2.75) is 37.8 Å². The first-order valence-corrected chi connectivity index (χ1v) is 6.85. The molecule has 3 heterocycles. The lowest BCUT2D eigenvalue weighted by Gasteiger charge is -2.35. The van der Waals surface area contributed by atoms with E-state index in [9.17, 15) is 0 Å². The molecule has 2 aliphatic rings. The third kappa shape index (κ3) is 2.41. The molecule has 0 saturated carbocycles. The molecule has 0 bridgehead atoms. The van der Waals surface area contributed by atoms with Crippen LogP contribution in [0.4, 0.5) is 11.6 Å². The lowest BCUT2D eigenvalue weighted by atomic mass is 9.97. The van der Waals surface area contributed by atoms with Crippen LogP contribution in [0.15, 0.2) is 12.4 Å². The van der Waals surface area contributed by atoms with Gasteiger partial charge in [0.15, 0.2) is 0 Å². The van der Waals surface area contributed by atoms with E-state index in [1.54, 1.807) is 6.33 Å². The van der Waals surface area contributed by atoms with Crippen molar-refractivity contribution in [2.75, 3.05) is 30.8 Å². The lowest BCUT2D eigenvalue weighted by Crippen LogP contribution is -2.42. The van der Waals surface area contributed by atoms with Crippen molar-refractivity contribution in [3.8, 4) is 0 Å². The van der Waals surface area contributed by atoms with E-state index in [1.165, 1.54) is 38.8 Å². The molecule has 2 fully saturated rings. The molecule has 5 nitrogen and oxygen atoms in total.